The topological polar surface area (TPSA) is 42.0 Å². The number of carbonyl (C=O) groups excluding carboxylic acids is 1. The van der Waals surface area contributed by atoms with Crippen LogP contribution in [0.15, 0.2) is 41.1 Å². The molecule has 1 heterocycles. The zero-order valence-corrected chi connectivity index (χ0v) is 12.5. The maximum atomic E-state index is 12.0. The second-order valence-electron chi connectivity index (χ2n) is 4.50. The normalized spacial score (nSPS) is 10.3. The lowest BCUT2D eigenvalue weighted by Gasteiger charge is -2.09. The van der Waals surface area contributed by atoms with Crippen LogP contribution >= 0.6 is 15.9 Å². The maximum Gasteiger partial charge on any atom is 0.228 e. The molecule has 0 aliphatic carbocycles. The summed E-state index contributed by atoms with van der Waals surface area (Å²) < 4.78 is 0.643. The largest absolute Gasteiger partial charge is 0.323 e. The molecule has 19 heavy (non-hydrogen) atoms. The highest BCUT2D eigenvalue weighted by molar-refractivity contribution is 9.10. The molecule has 0 fully saturated rings. The molecule has 3 nitrogen and oxygen atoms in total. The number of rotatable bonds is 3. The van der Waals surface area contributed by atoms with Crippen LogP contribution in [0.2, 0.25) is 0 Å². The van der Waals surface area contributed by atoms with Gasteiger partial charge in [0.1, 0.15) is 4.60 Å². The van der Waals surface area contributed by atoms with Gasteiger partial charge in [-0.3, -0.25) is 4.79 Å². The smallest absolute Gasteiger partial charge is 0.228 e. The van der Waals surface area contributed by atoms with Gasteiger partial charge in [0.05, 0.1) is 12.1 Å². The molecule has 1 amide bonds. The highest BCUT2D eigenvalue weighted by Crippen LogP contribution is 2.19. The Morgan fingerprint density at radius 3 is 2.84 bits per heavy atom. The van der Waals surface area contributed by atoms with E-state index in [1.807, 2.05) is 32.0 Å². The SMILES string of the molecule is Cc1ccc(C)c(CC(=O)Nc2cccnc2Br)c1. The number of hydrogen-bond acceptors (Lipinski definition) is 2. The second-order valence-corrected chi connectivity index (χ2v) is 5.25. The first-order chi connectivity index (χ1) is 9.06. The quantitative estimate of drug-likeness (QED) is 0.878. The molecule has 1 N–H and O–H groups in total. The molecule has 2 rings (SSSR count). The third-order valence-corrected chi connectivity index (χ3v) is 3.52. The summed E-state index contributed by atoms with van der Waals surface area (Å²) in [5, 5.41) is 2.86. The lowest BCUT2D eigenvalue weighted by molar-refractivity contribution is -0.115. The Hall–Kier alpha value is -1.68. The molecule has 2 aromatic rings. The number of carbonyl (C=O) groups is 1. The van der Waals surface area contributed by atoms with Crippen LogP contribution in [0.3, 0.4) is 0 Å². The van der Waals surface area contributed by atoms with Gasteiger partial charge in [-0.2, -0.15) is 0 Å². The molecule has 0 saturated carbocycles. The molecule has 0 saturated heterocycles. The van der Waals surface area contributed by atoms with Gasteiger partial charge in [0.15, 0.2) is 0 Å². The summed E-state index contributed by atoms with van der Waals surface area (Å²) in [6, 6.07) is 9.75. The van der Waals surface area contributed by atoms with Gasteiger partial charge in [0, 0.05) is 6.20 Å². The number of benzene rings is 1. The molecule has 0 aliphatic heterocycles. The van der Waals surface area contributed by atoms with Crippen molar-refractivity contribution in [2.75, 3.05) is 5.32 Å². The Balaban J connectivity index is 2.10. The van der Waals surface area contributed by atoms with Crippen molar-refractivity contribution in [1.82, 2.24) is 4.98 Å². The lowest BCUT2D eigenvalue weighted by atomic mass is 10.0. The van der Waals surface area contributed by atoms with Crippen LogP contribution in [0.1, 0.15) is 16.7 Å². The van der Waals surface area contributed by atoms with E-state index in [0.717, 1.165) is 16.7 Å². The summed E-state index contributed by atoms with van der Waals surface area (Å²) in [6.45, 7) is 4.04. The molecule has 1 aromatic carbocycles. The molecule has 0 bridgehead atoms. The molecule has 4 heteroatoms. The molecule has 1 aromatic heterocycles. The van der Waals surface area contributed by atoms with Gasteiger partial charge in [-0.05, 0) is 53.0 Å². The van der Waals surface area contributed by atoms with E-state index < -0.39 is 0 Å². The number of aromatic nitrogens is 1. The minimum Gasteiger partial charge on any atom is -0.323 e. The monoisotopic (exact) mass is 318 g/mol. The molecule has 0 atom stereocenters. The molecule has 0 spiro atoms. The summed E-state index contributed by atoms with van der Waals surface area (Å²) in [5.74, 6) is -0.0394. The van der Waals surface area contributed by atoms with Crippen molar-refractivity contribution < 1.29 is 4.79 Å². The van der Waals surface area contributed by atoms with Crippen LogP contribution in [0.4, 0.5) is 5.69 Å². The predicted molar refractivity (Wildman–Crippen MR) is 80.2 cm³/mol. The Morgan fingerprint density at radius 1 is 1.32 bits per heavy atom. The van der Waals surface area contributed by atoms with Crippen molar-refractivity contribution >= 4 is 27.5 Å². The number of nitrogens with one attached hydrogen (secondary N) is 1. The zero-order valence-electron chi connectivity index (χ0n) is 10.9. The Labute approximate surface area is 121 Å². The van der Waals surface area contributed by atoms with Gasteiger partial charge in [-0.25, -0.2) is 4.98 Å². The fourth-order valence-electron chi connectivity index (χ4n) is 1.84. The van der Waals surface area contributed by atoms with E-state index in [-0.39, 0.29) is 5.91 Å². The predicted octanol–water partition coefficient (Wildman–Crippen LogP) is 3.64. The van der Waals surface area contributed by atoms with Crippen LogP contribution in [0.25, 0.3) is 0 Å². The first-order valence-electron chi connectivity index (χ1n) is 6.03. The van der Waals surface area contributed by atoms with Crippen LogP contribution in [0.5, 0.6) is 0 Å². The average molecular weight is 319 g/mol. The highest BCUT2D eigenvalue weighted by atomic mass is 79.9. The first kappa shape index (κ1) is 13.7. The van der Waals surface area contributed by atoms with Crippen LogP contribution < -0.4 is 5.32 Å². The Bertz CT molecular complexity index is 611. The van der Waals surface area contributed by atoms with E-state index in [4.69, 9.17) is 0 Å². The number of nitrogens with zero attached hydrogens (tertiary/aromatic N) is 1. The summed E-state index contributed by atoms with van der Waals surface area (Å²) >= 11 is 3.31. The Kier molecular flexibility index (Phi) is 4.32. The van der Waals surface area contributed by atoms with Gasteiger partial charge in [-0.1, -0.05) is 23.8 Å². The number of pyridine rings is 1. The molecular formula is C15H15BrN2O. The van der Waals surface area contributed by atoms with Crippen molar-refractivity contribution in [1.29, 1.82) is 0 Å². The molecular weight excluding hydrogens is 304 g/mol. The summed E-state index contributed by atoms with van der Waals surface area (Å²) in [6.07, 6.45) is 2.04. The van der Waals surface area contributed by atoms with Crippen LogP contribution in [-0.4, -0.2) is 10.9 Å². The molecule has 0 unspecified atom stereocenters. The van der Waals surface area contributed by atoms with Gasteiger partial charge >= 0.3 is 0 Å². The summed E-state index contributed by atoms with van der Waals surface area (Å²) in [5.41, 5.74) is 4.04. The van der Waals surface area contributed by atoms with Crippen molar-refractivity contribution in [3.05, 3.63) is 57.8 Å². The van der Waals surface area contributed by atoms with E-state index in [0.29, 0.717) is 16.7 Å². The fraction of sp³-hybridized carbons (Fsp3) is 0.200. The molecule has 98 valence electrons. The van der Waals surface area contributed by atoms with E-state index in [1.54, 1.807) is 12.3 Å². The second kappa shape index (κ2) is 5.97. The van der Waals surface area contributed by atoms with Gasteiger partial charge in [0.2, 0.25) is 5.91 Å². The average Bonchev–Trinajstić information content (AvgIpc) is 2.37. The molecule has 0 aliphatic rings. The fourth-order valence-corrected chi connectivity index (χ4v) is 2.19. The van der Waals surface area contributed by atoms with E-state index >= 15 is 0 Å². The van der Waals surface area contributed by atoms with Crippen molar-refractivity contribution in [2.24, 2.45) is 0 Å². The first-order valence-corrected chi connectivity index (χ1v) is 6.82. The number of anilines is 1. The minimum atomic E-state index is -0.0394. The van der Waals surface area contributed by atoms with E-state index in [9.17, 15) is 4.79 Å². The number of amides is 1. The number of hydrogen-bond donors (Lipinski definition) is 1. The van der Waals surface area contributed by atoms with Crippen molar-refractivity contribution in [2.45, 2.75) is 20.3 Å². The molecule has 0 radical (unpaired) electrons. The zero-order chi connectivity index (χ0) is 13.8. The van der Waals surface area contributed by atoms with Crippen molar-refractivity contribution in [3.8, 4) is 0 Å². The van der Waals surface area contributed by atoms with Crippen molar-refractivity contribution in [3.63, 3.8) is 0 Å². The van der Waals surface area contributed by atoms with Crippen LogP contribution in [0, 0.1) is 13.8 Å². The standard InChI is InChI=1S/C15H15BrN2O/c1-10-5-6-11(2)12(8-10)9-14(19)18-13-4-3-7-17-15(13)16/h3-8H,9H2,1-2H3,(H,18,19). The van der Waals surface area contributed by atoms with E-state index in [2.05, 4.69) is 32.3 Å². The van der Waals surface area contributed by atoms with E-state index in [1.165, 1.54) is 0 Å². The number of aryl methyl sites for hydroxylation is 2. The number of halogens is 1. The third-order valence-electron chi connectivity index (χ3n) is 2.89. The minimum absolute atomic E-state index is 0.0394. The summed E-state index contributed by atoms with van der Waals surface area (Å²) in [4.78, 5) is 16.1. The van der Waals surface area contributed by atoms with Crippen LogP contribution in [-0.2, 0) is 11.2 Å². The van der Waals surface area contributed by atoms with Gasteiger partial charge < -0.3 is 5.32 Å². The summed E-state index contributed by atoms with van der Waals surface area (Å²) in [7, 11) is 0. The lowest BCUT2D eigenvalue weighted by Crippen LogP contribution is -2.15. The maximum absolute atomic E-state index is 12.0. The third kappa shape index (κ3) is 3.64. The van der Waals surface area contributed by atoms with Gasteiger partial charge in [0.25, 0.3) is 0 Å². The highest BCUT2D eigenvalue weighted by Gasteiger charge is 2.08. The van der Waals surface area contributed by atoms with Gasteiger partial charge in [-0.15, -0.1) is 0 Å². The Morgan fingerprint density at radius 2 is 2.11 bits per heavy atom.